The van der Waals surface area contributed by atoms with Crippen LogP contribution >= 0.6 is 0 Å². The van der Waals surface area contributed by atoms with Crippen LogP contribution in [0.15, 0.2) is 6.33 Å². The fourth-order valence-corrected chi connectivity index (χ4v) is 2.65. The van der Waals surface area contributed by atoms with Crippen molar-refractivity contribution in [1.82, 2.24) is 19.5 Å². The van der Waals surface area contributed by atoms with E-state index in [4.69, 9.17) is 15.2 Å². The summed E-state index contributed by atoms with van der Waals surface area (Å²) in [6, 6.07) is 0. The highest BCUT2D eigenvalue weighted by molar-refractivity contribution is 5.81. The quantitative estimate of drug-likeness (QED) is 0.573. The molecule has 2 unspecified atom stereocenters. The van der Waals surface area contributed by atoms with Crippen LogP contribution in [0.1, 0.15) is 25.9 Å². The van der Waals surface area contributed by atoms with Crippen molar-refractivity contribution < 1.29 is 36.9 Å². The van der Waals surface area contributed by atoms with E-state index in [2.05, 4.69) is 15.0 Å². The van der Waals surface area contributed by atoms with Crippen LogP contribution in [0, 0.1) is 5.92 Å². The molecule has 13 heteroatoms. The predicted molar refractivity (Wildman–Crippen MR) is 85.3 cm³/mol. The lowest BCUT2D eigenvalue weighted by Gasteiger charge is -2.16. The van der Waals surface area contributed by atoms with E-state index in [1.807, 2.05) is 0 Å². The molecule has 1 fully saturated rings. The number of halogens is 4. The highest BCUT2D eigenvalue weighted by Crippen LogP contribution is 2.35. The third-order valence-corrected chi connectivity index (χ3v) is 4.13. The van der Waals surface area contributed by atoms with Crippen LogP contribution in [-0.2, 0) is 20.4 Å². The number of nitrogen functional groups attached to an aromatic ring is 1. The standard InChI is InChI=1S/C15H17F4N5O4/c1-5(2)13(26)27-3-6-9(25)7(16)12(28-6)24-4-21-8-10(20)22-14(15(17,18)19)23-11(8)24/h4-7,9,12,25H,3H2,1-2H3,(H2,20,22,23)/t6-,7?,9?,12-/m1/s1. The number of nitrogens with two attached hydrogens (primary N) is 1. The van der Waals surface area contributed by atoms with Crippen LogP contribution in [0.2, 0.25) is 0 Å². The summed E-state index contributed by atoms with van der Waals surface area (Å²) in [4.78, 5) is 21.9. The fraction of sp³-hybridized carbons (Fsp3) is 0.600. The number of aromatic nitrogens is 4. The van der Waals surface area contributed by atoms with E-state index in [0.29, 0.717) is 0 Å². The minimum atomic E-state index is -4.88. The average Bonchev–Trinajstić information content (AvgIpc) is 3.14. The Bertz CT molecular complexity index is 887. The Kier molecular flexibility index (Phi) is 5.14. The third kappa shape index (κ3) is 3.58. The highest BCUT2D eigenvalue weighted by atomic mass is 19.4. The van der Waals surface area contributed by atoms with Crippen molar-refractivity contribution in [2.75, 3.05) is 12.3 Å². The number of carbonyl (C=O) groups is 1. The topological polar surface area (TPSA) is 125 Å². The van der Waals surface area contributed by atoms with Gasteiger partial charge in [-0.2, -0.15) is 13.2 Å². The normalized spacial score (nSPS) is 25.6. The van der Waals surface area contributed by atoms with Gasteiger partial charge in [0.1, 0.15) is 24.3 Å². The molecular weight excluding hydrogens is 390 g/mol. The molecule has 0 bridgehead atoms. The number of nitrogens with zero attached hydrogens (tertiary/aromatic N) is 4. The second-order valence-corrected chi connectivity index (χ2v) is 6.54. The number of hydrogen-bond donors (Lipinski definition) is 2. The zero-order chi connectivity index (χ0) is 20.8. The maximum atomic E-state index is 14.6. The van der Waals surface area contributed by atoms with Gasteiger partial charge in [0.25, 0.3) is 0 Å². The lowest BCUT2D eigenvalue weighted by molar-refractivity contribution is -0.153. The van der Waals surface area contributed by atoms with Crippen LogP contribution in [0.3, 0.4) is 0 Å². The fourth-order valence-electron chi connectivity index (χ4n) is 2.65. The van der Waals surface area contributed by atoms with E-state index in [9.17, 15) is 27.5 Å². The molecule has 0 spiro atoms. The van der Waals surface area contributed by atoms with Gasteiger partial charge in [-0.15, -0.1) is 0 Å². The molecule has 0 aliphatic carbocycles. The highest BCUT2D eigenvalue weighted by Gasteiger charge is 2.46. The molecule has 154 valence electrons. The van der Waals surface area contributed by atoms with Crippen molar-refractivity contribution in [1.29, 1.82) is 0 Å². The van der Waals surface area contributed by atoms with E-state index < -0.39 is 66.6 Å². The van der Waals surface area contributed by atoms with E-state index in [0.717, 1.165) is 10.9 Å². The smallest absolute Gasteiger partial charge is 0.451 e. The lowest BCUT2D eigenvalue weighted by Crippen LogP contribution is -2.32. The second kappa shape index (κ2) is 7.13. The van der Waals surface area contributed by atoms with Gasteiger partial charge in [-0.1, -0.05) is 13.8 Å². The summed E-state index contributed by atoms with van der Waals surface area (Å²) in [5.41, 5.74) is 4.92. The molecule has 1 aliphatic heterocycles. The Morgan fingerprint density at radius 2 is 2.11 bits per heavy atom. The van der Waals surface area contributed by atoms with Gasteiger partial charge in [0.15, 0.2) is 23.9 Å². The first-order valence-electron chi connectivity index (χ1n) is 8.22. The predicted octanol–water partition coefficient (Wildman–Crippen LogP) is 1.22. The molecule has 1 saturated heterocycles. The summed E-state index contributed by atoms with van der Waals surface area (Å²) in [6.07, 6.45) is -10.4. The number of esters is 1. The summed E-state index contributed by atoms with van der Waals surface area (Å²) in [5, 5.41) is 10.0. The van der Waals surface area contributed by atoms with Crippen molar-refractivity contribution in [2.45, 2.75) is 44.6 Å². The maximum absolute atomic E-state index is 14.6. The van der Waals surface area contributed by atoms with Crippen LogP contribution < -0.4 is 5.73 Å². The first kappa shape index (κ1) is 20.2. The van der Waals surface area contributed by atoms with Crippen LogP contribution in [0.5, 0.6) is 0 Å². The molecule has 1 aliphatic rings. The summed E-state index contributed by atoms with van der Waals surface area (Å²) < 4.78 is 64.6. The first-order chi connectivity index (χ1) is 13.0. The van der Waals surface area contributed by atoms with Crippen LogP contribution in [0.4, 0.5) is 23.4 Å². The Hall–Kier alpha value is -2.54. The molecule has 2 aromatic heterocycles. The van der Waals surface area contributed by atoms with Gasteiger partial charge in [-0.3, -0.25) is 9.36 Å². The Labute approximate surface area is 155 Å². The van der Waals surface area contributed by atoms with Crippen molar-refractivity contribution >= 4 is 23.0 Å². The Balaban J connectivity index is 1.90. The molecule has 2 aromatic rings. The number of anilines is 1. The molecule has 0 radical (unpaired) electrons. The first-order valence-corrected chi connectivity index (χ1v) is 8.22. The van der Waals surface area contributed by atoms with Gasteiger partial charge in [-0.05, 0) is 0 Å². The molecule has 4 atom stereocenters. The number of imidazole rings is 1. The zero-order valence-corrected chi connectivity index (χ0v) is 14.7. The number of alkyl halides is 4. The van der Waals surface area contributed by atoms with Gasteiger partial charge in [0.2, 0.25) is 5.82 Å². The monoisotopic (exact) mass is 407 g/mol. The van der Waals surface area contributed by atoms with Gasteiger partial charge in [0.05, 0.1) is 12.2 Å². The van der Waals surface area contributed by atoms with Crippen molar-refractivity contribution in [3.8, 4) is 0 Å². The Morgan fingerprint density at radius 1 is 1.43 bits per heavy atom. The number of hydrogen-bond acceptors (Lipinski definition) is 8. The van der Waals surface area contributed by atoms with Crippen LogP contribution in [-0.4, -0.2) is 55.6 Å². The molecule has 3 heterocycles. The summed E-state index contributed by atoms with van der Waals surface area (Å²) in [6.45, 7) is 2.76. The molecule has 3 N–H and O–H groups in total. The number of aliphatic hydroxyl groups is 1. The molecule has 0 amide bonds. The van der Waals surface area contributed by atoms with Crippen molar-refractivity contribution in [3.63, 3.8) is 0 Å². The molecular formula is C15H17F4N5O4. The second-order valence-electron chi connectivity index (χ2n) is 6.54. The minimum absolute atomic E-state index is 0.173. The number of aliphatic hydroxyl groups excluding tert-OH is 1. The van der Waals surface area contributed by atoms with E-state index >= 15 is 0 Å². The van der Waals surface area contributed by atoms with Crippen molar-refractivity contribution in [2.24, 2.45) is 5.92 Å². The number of fused-ring (bicyclic) bond motifs is 1. The lowest BCUT2D eigenvalue weighted by atomic mass is 10.1. The average molecular weight is 407 g/mol. The summed E-state index contributed by atoms with van der Waals surface area (Å²) >= 11 is 0. The Morgan fingerprint density at radius 3 is 2.71 bits per heavy atom. The molecule has 28 heavy (non-hydrogen) atoms. The van der Waals surface area contributed by atoms with Gasteiger partial charge >= 0.3 is 12.1 Å². The van der Waals surface area contributed by atoms with Gasteiger partial charge in [0, 0.05) is 0 Å². The van der Waals surface area contributed by atoms with E-state index in [1.165, 1.54) is 0 Å². The SMILES string of the molecule is CC(C)C(=O)OC[C@H]1O[C@@H](n2cnc3c(N)nc(C(F)(F)F)nc32)C(F)C1O. The van der Waals surface area contributed by atoms with Gasteiger partial charge in [-0.25, -0.2) is 19.3 Å². The summed E-state index contributed by atoms with van der Waals surface area (Å²) in [7, 11) is 0. The van der Waals surface area contributed by atoms with Crippen LogP contribution in [0.25, 0.3) is 11.2 Å². The zero-order valence-electron chi connectivity index (χ0n) is 14.7. The van der Waals surface area contributed by atoms with E-state index in [-0.39, 0.29) is 5.52 Å². The number of ether oxygens (including phenoxy) is 2. The number of rotatable bonds is 4. The summed E-state index contributed by atoms with van der Waals surface area (Å²) in [5.74, 6) is -3.06. The largest absolute Gasteiger partial charge is 0.463 e. The molecule has 9 nitrogen and oxygen atoms in total. The molecule has 3 rings (SSSR count). The third-order valence-electron chi connectivity index (χ3n) is 4.13. The van der Waals surface area contributed by atoms with Gasteiger partial charge < -0.3 is 20.3 Å². The molecule has 0 aromatic carbocycles. The van der Waals surface area contributed by atoms with Crippen molar-refractivity contribution in [3.05, 3.63) is 12.2 Å². The minimum Gasteiger partial charge on any atom is -0.463 e. The number of carbonyl (C=O) groups excluding carboxylic acids is 1. The van der Waals surface area contributed by atoms with E-state index in [1.54, 1.807) is 13.8 Å². The molecule has 0 saturated carbocycles. The maximum Gasteiger partial charge on any atom is 0.451 e.